The number of rotatable bonds is 10. The molecule has 5 rings (SSSR count). The average Bonchev–Trinajstić information content (AvgIpc) is 3.00. The molecular weight excluding hydrogens is 500 g/mol. The number of methoxy groups -OCH3 is 2. The normalized spacial score (nSPS) is 16.9. The van der Waals surface area contributed by atoms with Crippen molar-refractivity contribution in [1.29, 1.82) is 0 Å². The van der Waals surface area contributed by atoms with E-state index in [1.807, 2.05) is 84.9 Å². The third-order valence-corrected chi connectivity index (χ3v) is 7.91. The molecule has 1 aliphatic rings. The molecule has 0 heterocycles. The van der Waals surface area contributed by atoms with Crippen molar-refractivity contribution in [3.8, 4) is 45.3 Å². The maximum Gasteiger partial charge on any atom is 0.128 e. The Kier molecular flexibility index (Phi) is 8.89. The van der Waals surface area contributed by atoms with Crippen LogP contribution in [0.25, 0.3) is 22.3 Å². The van der Waals surface area contributed by atoms with Crippen molar-refractivity contribution in [2.45, 2.75) is 50.9 Å². The zero-order valence-electron chi connectivity index (χ0n) is 23.2. The summed E-state index contributed by atoms with van der Waals surface area (Å²) in [6, 6.07) is 27.7. The first-order valence-corrected chi connectivity index (χ1v) is 14.0. The van der Waals surface area contributed by atoms with Gasteiger partial charge >= 0.3 is 0 Å². The molecule has 2 atom stereocenters. The van der Waals surface area contributed by atoms with Gasteiger partial charge in [0.25, 0.3) is 0 Å². The lowest BCUT2D eigenvalue weighted by Crippen LogP contribution is -2.49. The van der Waals surface area contributed by atoms with Crippen LogP contribution in [0.15, 0.2) is 84.9 Å². The number of phenolic OH excluding ortho intramolecular Hbond substituents is 2. The summed E-state index contributed by atoms with van der Waals surface area (Å²) >= 11 is 0. The number of hydrogen-bond donors (Lipinski definition) is 4. The maximum absolute atomic E-state index is 11.1. The predicted molar refractivity (Wildman–Crippen MR) is 160 cm³/mol. The number of ether oxygens (including phenoxy) is 2. The van der Waals surface area contributed by atoms with Crippen LogP contribution in [0.5, 0.6) is 23.0 Å². The van der Waals surface area contributed by atoms with Crippen molar-refractivity contribution in [3.05, 3.63) is 96.1 Å². The van der Waals surface area contributed by atoms with Crippen molar-refractivity contribution in [2.75, 3.05) is 14.2 Å². The smallest absolute Gasteiger partial charge is 0.128 e. The Morgan fingerprint density at radius 2 is 0.975 bits per heavy atom. The second kappa shape index (κ2) is 12.9. The Morgan fingerprint density at radius 3 is 1.40 bits per heavy atom. The van der Waals surface area contributed by atoms with E-state index in [1.54, 1.807) is 14.2 Å². The van der Waals surface area contributed by atoms with Crippen molar-refractivity contribution in [3.63, 3.8) is 0 Å². The molecule has 40 heavy (non-hydrogen) atoms. The Labute approximate surface area is 236 Å². The number of phenols is 2. The van der Waals surface area contributed by atoms with E-state index >= 15 is 0 Å². The van der Waals surface area contributed by atoms with Crippen LogP contribution in [0.3, 0.4) is 0 Å². The largest absolute Gasteiger partial charge is 0.507 e. The molecule has 4 aromatic carbocycles. The van der Waals surface area contributed by atoms with Crippen LogP contribution in [-0.2, 0) is 13.1 Å². The lowest BCUT2D eigenvalue weighted by atomic mass is 9.89. The number of aromatic hydroxyl groups is 2. The molecule has 0 aliphatic heterocycles. The number of nitrogens with one attached hydrogen (secondary N) is 2. The van der Waals surface area contributed by atoms with Gasteiger partial charge in [0.15, 0.2) is 0 Å². The monoisotopic (exact) mass is 538 g/mol. The maximum atomic E-state index is 11.1. The molecule has 0 spiro atoms. The second-order valence-corrected chi connectivity index (χ2v) is 10.3. The summed E-state index contributed by atoms with van der Waals surface area (Å²) in [6.07, 6.45) is 4.44. The average molecular weight is 539 g/mol. The molecule has 1 fully saturated rings. The Balaban J connectivity index is 1.28. The van der Waals surface area contributed by atoms with E-state index in [4.69, 9.17) is 9.47 Å². The van der Waals surface area contributed by atoms with Gasteiger partial charge in [0.1, 0.15) is 23.0 Å². The van der Waals surface area contributed by atoms with E-state index in [2.05, 4.69) is 10.6 Å². The summed E-state index contributed by atoms with van der Waals surface area (Å²) in [4.78, 5) is 0. The molecule has 6 heteroatoms. The van der Waals surface area contributed by atoms with Crippen molar-refractivity contribution < 1.29 is 19.7 Å². The van der Waals surface area contributed by atoms with Gasteiger partial charge in [-0.05, 0) is 25.0 Å². The van der Waals surface area contributed by atoms with Gasteiger partial charge in [-0.15, -0.1) is 0 Å². The van der Waals surface area contributed by atoms with Gasteiger partial charge in [0.2, 0.25) is 0 Å². The highest BCUT2D eigenvalue weighted by Crippen LogP contribution is 2.39. The number of hydrogen-bond acceptors (Lipinski definition) is 6. The van der Waals surface area contributed by atoms with E-state index in [0.717, 1.165) is 70.6 Å². The molecule has 1 saturated carbocycles. The lowest BCUT2D eigenvalue weighted by molar-refractivity contribution is 0.279. The third kappa shape index (κ3) is 5.93. The Bertz CT molecular complexity index is 1330. The first-order chi connectivity index (χ1) is 19.6. The van der Waals surface area contributed by atoms with Gasteiger partial charge in [0.05, 0.1) is 14.2 Å². The highest BCUT2D eigenvalue weighted by molar-refractivity contribution is 5.77. The van der Waals surface area contributed by atoms with Crippen molar-refractivity contribution in [2.24, 2.45) is 0 Å². The molecule has 0 saturated heterocycles. The fourth-order valence-corrected chi connectivity index (χ4v) is 5.74. The topological polar surface area (TPSA) is 83.0 Å². The molecular formula is C34H38N2O4. The summed E-state index contributed by atoms with van der Waals surface area (Å²) in [5.74, 6) is 2.02. The van der Waals surface area contributed by atoms with Crippen LogP contribution >= 0.6 is 0 Å². The van der Waals surface area contributed by atoms with E-state index < -0.39 is 0 Å². The van der Waals surface area contributed by atoms with E-state index in [0.29, 0.717) is 13.1 Å². The second-order valence-electron chi connectivity index (χ2n) is 10.3. The van der Waals surface area contributed by atoms with Gasteiger partial charge in [-0.2, -0.15) is 0 Å². The molecule has 0 aromatic heterocycles. The Morgan fingerprint density at radius 1 is 0.575 bits per heavy atom. The SMILES string of the molecule is COc1ccccc1-c1cccc(CNC2CCCC[C@@H]2NCc2cccc(-c3ccccc3OC)c2O)c1O. The minimum absolute atomic E-state index is 0.252. The third-order valence-electron chi connectivity index (χ3n) is 7.91. The summed E-state index contributed by atoms with van der Waals surface area (Å²) in [5.41, 5.74) is 4.99. The van der Waals surface area contributed by atoms with E-state index in [1.165, 1.54) is 0 Å². The van der Waals surface area contributed by atoms with Crippen LogP contribution in [-0.4, -0.2) is 36.5 Å². The van der Waals surface area contributed by atoms with Crippen LogP contribution in [0.4, 0.5) is 0 Å². The first-order valence-electron chi connectivity index (χ1n) is 14.0. The van der Waals surface area contributed by atoms with Gasteiger partial charge in [-0.25, -0.2) is 0 Å². The molecule has 1 unspecified atom stereocenters. The minimum Gasteiger partial charge on any atom is -0.507 e. The summed E-state index contributed by atoms with van der Waals surface area (Å²) in [6.45, 7) is 1.12. The molecule has 4 aromatic rings. The van der Waals surface area contributed by atoms with Crippen molar-refractivity contribution >= 4 is 0 Å². The fourth-order valence-electron chi connectivity index (χ4n) is 5.74. The van der Waals surface area contributed by atoms with Gasteiger partial charge in [0, 0.05) is 58.6 Å². The van der Waals surface area contributed by atoms with Crippen LogP contribution in [0.2, 0.25) is 0 Å². The summed E-state index contributed by atoms with van der Waals surface area (Å²) in [7, 11) is 3.29. The van der Waals surface area contributed by atoms with Gasteiger partial charge in [-0.3, -0.25) is 0 Å². The summed E-state index contributed by atoms with van der Waals surface area (Å²) in [5, 5.41) is 29.7. The zero-order valence-corrected chi connectivity index (χ0v) is 23.2. The molecule has 1 aliphatic carbocycles. The molecule has 0 bridgehead atoms. The zero-order chi connectivity index (χ0) is 27.9. The van der Waals surface area contributed by atoms with Crippen LogP contribution in [0, 0.1) is 0 Å². The predicted octanol–water partition coefficient (Wildman–Crippen LogP) is 6.64. The first kappa shape index (κ1) is 27.6. The lowest BCUT2D eigenvalue weighted by Gasteiger charge is -2.33. The van der Waals surface area contributed by atoms with Gasteiger partial charge in [-0.1, -0.05) is 85.6 Å². The molecule has 0 radical (unpaired) electrons. The highest BCUT2D eigenvalue weighted by atomic mass is 16.5. The van der Waals surface area contributed by atoms with Crippen molar-refractivity contribution in [1.82, 2.24) is 10.6 Å². The molecule has 6 nitrogen and oxygen atoms in total. The quantitative estimate of drug-likeness (QED) is 0.181. The standard InChI is InChI=1S/C34H38N2O4/c1-39-31-19-7-3-13-25(31)27-15-9-11-23(33(27)37)21-35-29-17-5-6-18-30(29)36-22-24-12-10-16-28(34(24)38)26-14-4-8-20-32(26)40-2/h3-4,7-16,19-20,29-30,35-38H,5-6,17-18,21-22H2,1-2H3/t29-,30?/m0/s1. The minimum atomic E-state index is 0.252. The van der Waals surface area contributed by atoms with E-state index in [-0.39, 0.29) is 23.6 Å². The molecule has 208 valence electrons. The fraction of sp³-hybridized carbons (Fsp3) is 0.294. The van der Waals surface area contributed by atoms with E-state index in [9.17, 15) is 10.2 Å². The highest BCUT2D eigenvalue weighted by Gasteiger charge is 2.25. The molecule has 0 amide bonds. The number of benzene rings is 4. The number of para-hydroxylation sites is 4. The van der Waals surface area contributed by atoms with Crippen LogP contribution < -0.4 is 20.1 Å². The summed E-state index contributed by atoms with van der Waals surface area (Å²) < 4.78 is 11.0. The van der Waals surface area contributed by atoms with Gasteiger partial charge < -0.3 is 30.3 Å². The van der Waals surface area contributed by atoms with Crippen LogP contribution in [0.1, 0.15) is 36.8 Å². The Hall–Kier alpha value is -4.00. The molecule has 4 N–H and O–H groups in total.